The minimum absolute atomic E-state index is 0.182. The Morgan fingerprint density at radius 1 is 1.38 bits per heavy atom. The van der Waals surface area contributed by atoms with Crippen LogP contribution in [-0.2, 0) is 18.0 Å². The number of carbonyl (C=O) groups is 1. The first kappa shape index (κ1) is 19.9. The van der Waals surface area contributed by atoms with Crippen molar-refractivity contribution in [1.82, 2.24) is 14.8 Å². The van der Waals surface area contributed by atoms with E-state index in [9.17, 15) is 23.2 Å². The molecule has 0 aliphatic heterocycles. The highest BCUT2D eigenvalue weighted by atomic mass is 35.5. The Balaban J connectivity index is 2.42. The number of carbonyl (C=O) groups excluding carboxylic acids is 1. The van der Waals surface area contributed by atoms with E-state index in [1.807, 2.05) is 6.07 Å². The zero-order valence-electron chi connectivity index (χ0n) is 14.5. The smallest absolute Gasteiger partial charge is 0.297 e. The molecule has 5 nitrogen and oxygen atoms in total. The van der Waals surface area contributed by atoms with Crippen LogP contribution >= 0.6 is 11.6 Å². The minimum atomic E-state index is -4.61. The normalized spacial score (nSPS) is 14.0. The summed E-state index contributed by atoms with van der Waals surface area (Å²) in [5.74, 6) is -2.56. The molecule has 0 aromatic carbocycles. The highest BCUT2D eigenvalue weighted by molar-refractivity contribution is 6.31. The van der Waals surface area contributed by atoms with Gasteiger partial charge in [0, 0.05) is 30.4 Å². The fraction of sp³-hybridized carbons (Fsp3) is 0.412. The predicted molar refractivity (Wildman–Crippen MR) is 88.7 cm³/mol. The zero-order valence-corrected chi connectivity index (χ0v) is 15.3. The largest absolute Gasteiger partial charge is 0.417 e. The van der Waals surface area contributed by atoms with Crippen molar-refractivity contribution in [3.05, 3.63) is 45.5 Å². The summed E-state index contributed by atoms with van der Waals surface area (Å²) >= 11 is 5.89. The van der Waals surface area contributed by atoms with Gasteiger partial charge in [-0.25, -0.2) is 0 Å². The van der Waals surface area contributed by atoms with E-state index in [0.717, 1.165) is 5.69 Å². The van der Waals surface area contributed by atoms with Gasteiger partial charge >= 0.3 is 6.18 Å². The molecule has 2 aromatic heterocycles. The summed E-state index contributed by atoms with van der Waals surface area (Å²) in [5, 5.41) is 13.3. The van der Waals surface area contributed by atoms with Crippen LogP contribution in [0.25, 0.3) is 0 Å². The van der Waals surface area contributed by atoms with Gasteiger partial charge in [0.25, 0.3) is 0 Å². The number of aromatic nitrogens is 3. The van der Waals surface area contributed by atoms with Gasteiger partial charge in [0.2, 0.25) is 0 Å². The van der Waals surface area contributed by atoms with E-state index in [1.165, 1.54) is 0 Å². The second-order valence-electron chi connectivity index (χ2n) is 5.98. The predicted octanol–water partition coefficient (Wildman–Crippen LogP) is 4.08. The first-order valence-corrected chi connectivity index (χ1v) is 8.02. The average Bonchev–Trinajstić information content (AvgIpc) is 2.80. The molecule has 0 radical (unpaired) electrons. The van der Waals surface area contributed by atoms with Gasteiger partial charge in [0.1, 0.15) is 5.92 Å². The van der Waals surface area contributed by atoms with E-state index in [0.29, 0.717) is 23.5 Å². The minimum Gasteiger partial charge on any atom is -0.297 e. The van der Waals surface area contributed by atoms with Crippen LogP contribution in [0.5, 0.6) is 0 Å². The molecule has 0 aliphatic rings. The lowest BCUT2D eigenvalue weighted by atomic mass is 9.86. The third kappa shape index (κ3) is 3.58. The lowest BCUT2D eigenvalue weighted by Gasteiger charge is -2.17. The number of nitriles is 1. The van der Waals surface area contributed by atoms with Gasteiger partial charge in [-0.15, -0.1) is 0 Å². The molecule has 0 N–H and O–H groups in total. The fourth-order valence-electron chi connectivity index (χ4n) is 2.88. The number of ketones is 1. The Morgan fingerprint density at radius 2 is 2.00 bits per heavy atom. The van der Waals surface area contributed by atoms with E-state index >= 15 is 0 Å². The van der Waals surface area contributed by atoms with E-state index in [-0.39, 0.29) is 10.7 Å². The summed E-state index contributed by atoms with van der Waals surface area (Å²) in [5.41, 5.74) is 0.877. The molecule has 2 atom stereocenters. The molecule has 0 unspecified atom stereocenters. The van der Waals surface area contributed by atoms with Gasteiger partial charge in [0.15, 0.2) is 5.78 Å². The summed E-state index contributed by atoms with van der Waals surface area (Å²) < 4.78 is 39.9. The summed E-state index contributed by atoms with van der Waals surface area (Å²) in [6.07, 6.45) is -4.04. The SMILES string of the molecule is Cc1nn(C)c(C)c1[C@H](C)C(=O)[C@H](C#N)c1ncc(C(F)(F)F)cc1Cl. The quantitative estimate of drug-likeness (QED) is 0.796. The number of alkyl halides is 3. The standard InChI is InChI=1S/C17H16ClF3N4O/c1-8(14-9(2)24-25(4)10(14)3)16(26)12(6-22)15-13(18)5-11(7-23-15)17(19,20)21/h5,7-8,12H,1-4H3/t8-,12+/m0/s1. The van der Waals surface area contributed by atoms with Gasteiger partial charge in [0.05, 0.1) is 28.0 Å². The number of rotatable bonds is 4. The molecule has 0 spiro atoms. The van der Waals surface area contributed by atoms with E-state index in [2.05, 4.69) is 10.1 Å². The van der Waals surface area contributed by atoms with Gasteiger partial charge in [-0.05, 0) is 19.9 Å². The molecule has 26 heavy (non-hydrogen) atoms. The van der Waals surface area contributed by atoms with Crippen LogP contribution in [0.15, 0.2) is 12.3 Å². The van der Waals surface area contributed by atoms with Gasteiger partial charge in [-0.3, -0.25) is 14.5 Å². The average molecular weight is 385 g/mol. The van der Waals surface area contributed by atoms with Crippen molar-refractivity contribution in [2.45, 2.75) is 38.8 Å². The number of hydrogen-bond donors (Lipinski definition) is 0. The molecular weight excluding hydrogens is 369 g/mol. The monoisotopic (exact) mass is 384 g/mol. The molecule has 0 saturated heterocycles. The van der Waals surface area contributed by atoms with Crippen molar-refractivity contribution < 1.29 is 18.0 Å². The number of hydrogen-bond acceptors (Lipinski definition) is 4. The summed E-state index contributed by atoms with van der Waals surface area (Å²) in [7, 11) is 1.74. The van der Waals surface area contributed by atoms with Crippen LogP contribution in [0.3, 0.4) is 0 Å². The van der Waals surface area contributed by atoms with Crippen LogP contribution in [0.4, 0.5) is 13.2 Å². The Morgan fingerprint density at radius 3 is 2.42 bits per heavy atom. The zero-order chi connectivity index (χ0) is 19.8. The number of pyridine rings is 1. The Labute approximate surface area is 153 Å². The number of aryl methyl sites for hydroxylation is 2. The Bertz CT molecular complexity index is 899. The Hall–Kier alpha value is -2.40. The number of Topliss-reactive ketones (excluding diaryl/α,β-unsaturated/α-hetero) is 1. The van der Waals surface area contributed by atoms with Gasteiger partial charge in [-0.1, -0.05) is 18.5 Å². The molecule has 0 bridgehead atoms. The van der Waals surface area contributed by atoms with Crippen LogP contribution in [0.2, 0.25) is 5.02 Å². The van der Waals surface area contributed by atoms with Gasteiger partial charge < -0.3 is 0 Å². The second-order valence-corrected chi connectivity index (χ2v) is 6.39. The lowest BCUT2D eigenvalue weighted by molar-refractivity contribution is -0.137. The van der Waals surface area contributed by atoms with Crippen molar-refractivity contribution >= 4 is 17.4 Å². The maximum absolute atomic E-state index is 12.8. The topological polar surface area (TPSA) is 71.6 Å². The van der Waals surface area contributed by atoms with Crippen molar-refractivity contribution in [3.8, 4) is 6.07 Å². The summed E-state index contributed by atoms with van der Waals surface area (Å²) in [6, 6.07) is 2.48. The van der Waals surface area contributed by atoms with Crippen LogP contribution < -0.4 is 0 Å². The highest BCUT2D eigenvalue weighted by Crippen LogP contribution is 2.35. The third-order valence-corrected chi connectivity index (χ3v) is 4.61. The highest BCUT2D eigenvalue weighted by Gasteiger charge is 2.35. The Kier molecular flexibility index (Phi) is 5.42. The summed E-state index contributed by atoms with van der Waals surface area (Å²) in [6.45, 7) is 5.17. The summed E-state index contributed by atoms with van der Waals surface area (Å²) in [4.78, 5) is 16.5. The second kappa shape index (κ2) is 7.08. The van der Waals surface area contributed by atoms with E-state index < -0.39 is 29.4 Å². The molecule has 2 rings (SSSR count). The number of nitrogens with zero attached hydrogens (tertiary/aromatic N) is 4. The molecular formula is C17H16ClF3N4O. The van der Waals surface area contributed by atoms with Crippen molar-refractivity contribution in [3.63, 3.8) is 0 Å². The van der Waals surface area contributed by atoms with Crippen LogP contribution in [-0.4, -0.2) is 20.5 Å². The first-order chi connectivity index (χ1) is 12.0. The van der Waals surface area contributed by atoms with E-state index in [4.69, 9.17) is 11.6 Å². The number of halogens is 4. The molecule has 0 aliphatic carbocycles. The van der Waals surface area contributed by atoms with Crippen LogP contribution in [0, 0.1) is 25.2 Å². The molecule has 9 heteroatoms. The fourth-order valence-corrected chi connectivity index (χ4v) is 3.16. The molecule has 0 fully saturated rings. The maximum atomic E-state index is 12.8. The molecule has 2 aromatic rings. The third-order valence-electron chi connectivity index (χ3n) is 4.31. The van der Waals surface area contributed by atoms with Gasteiger partial charge in [-0.2, -0.15) is 23.5 Å². The van der Waals surface area contributed by atoms with Crippen LogP contribution in [0.1, 0.15) is 47.0 Å². The van der Waals surface area contributed by atoms with Crippen molar-refractivity contribution in [2.24, 2.45) is 7.05 Å². The van der Waals surface area contributed by atoms with Crippen molar-refractivity contribution in [2.75, 3.05) is 0 Å². The molecule has 2 heterocycles. The van der Waals surface area contributed by atoms with E-state index in [1.54, 1.807) is 32.5 Å². The molecule has 0 saturated carbocycles. The lowest BCUT2D eigenvalue weighted by Crippen LogP contribution is -2.20. The molecule has 138 valence electrons. The molecule has 0 amide bonds. The maximum Gasteiger partial charge on any atom is 0.417 e. The van der Waals surface area contributed by atoms with Crippen molar-refractivity contribution in [1.29, 1.82) is 5.26 Å². The first-order valence-electron chi connectivity index (χ1n) is 7.65.